The van der Waals surface area contributed by atoms with Crippen LogP contribution in [0.3, 0.4) is 0 Å². The molecule has 1 aromatic rings. The molecule has 0 saturated carbocycles. The fourth-order valence-electron chi connectivity index (χ4n) is 2.04. The molecule has 1 aliphatic rings. The van der Waals surface area contributed by atoms with Crippen LogP contribution in [0.2, 0.25) is 5.02 Å². The largest absolute Gasteiger partial charge is 0.492 e. The third-order valence-corrected chi connectivity index (χ3v) is 3.40. The van der Waals surface area contributed by atoms with E-state index in [2.05, 4.69) is 5.32 Å². The zero-order valence-electron chi connectivity index (χ0n) is 10.9. The second-order valence-electron chi connectivity index (χ2n) is 4.56. The summed E-state index contributed by atoms with van der Waals surface area (Å²) in [5.41, 5.74) is 0. The maximum Gasteiger partial charge on any atom is 0.317 e. The van der Waals surface area contributed by atoms with Crippen LogP contribution >= 0.6 is 11.6 Å². The van der Waals surface area contributed by atoms with Crippen molar-refractivity contribution in [2.45, 2.75) is 19.3 Å². The molecular formula is C14H19ClN2O2. The van der Waals surface area contributed by atoms with Crippen LogP contribution in [0.25, 0.3) is 0 Å². The van der Waals surface area contributed by atoms with E-state index in [9.17, 15) is 4.79 Å². The van der Waals surface area contributed by atoms with Crippen LogP contribution in [0, 0.1) is 0 Å². The van der Waals surface area contributed by atoms with Gasteiger partial charge in [-0.1, -0.05) is 23.7 Å². The quantitative estimate of drug-likeness (QED) is 0.844. The van der Waals surface area contributed by atoms with Gasteiger partial charge in [-0.25, -0.2) is 4.79 Å². The van der Waals surface area contributed by atoms with Gasteiger partial charge in [0, 0.05) is 19.6 Å². The minimum Gasteiger partial charge on any atom is -0.492 e. The topological polar surface area (TPSA) is 41.6 Å². The van der Waals surface area contributed by atoms with E-state index in [1.807, 2.05) is 23.1 Å². The number of nitrogens with zero attached hydrogens (tertiary/aromatic N) is 1. The van der Waals surface area contributed by atoms with Crippen molar-refractivity contribution in [1.29, 1.82) is 0 Å². The van der Waals surface area contributed by atoms with Gasteiger partial charge >= 0.3 is 6.03 Å². The van der Waals surface area contributed by atoms with Gasteiger partial charge < -0.3 is 15.0 Å². The van der Waals surface area contributed by atoms with Gasteiger partial charge in [-0.2, -0.15) is 0 Å². The molecule has 0 bridgehead atoms. The lowest BCUT2D eigenvalue weighted by Crippen LogP contribution is -2.38. The Kier molecular flexibility index (Phi) is 5.33. The second kappa shape index (κ2) is 7.24. The molecule has 1 heterocycles. The summed E-state index contributed by atoms with van der Waals surface area (Å²) in [6.45, 7) is 2.92. The van der Waals surface area contributed by atoms with Crippen molar-refractivity contribution in [2.24, 2.45) is 0 Å². The average molecular weight is 283 g/mol. The molecule has 0 aromatic heterocycles. The van der Waals surface area contributed by atoms with E-state index in [-0.39, 0.29) is 6.03 Å². The first kappa shape index (κ1) is 14.0. The highest BCUT2D eigenvalue weighted by molar-refractivity contribution is 6.32. The zero-order chi connectivity index (χ0) is 13.5. The Morgan fingerprint density at radius 3 is 2.79 bits per heavy atom. The molecule has 0 spiro atoms. The number of likely N-dealkylation sites (tertiary alicyclic amines) is 1. The van der Waals surface area contributed by atoms with Gasteiger partial charge in [-0.05, 0) is 31.4 Å². The normalized spacial score (nSPS) is 14.5. The lowest BCUT2D eigenvalue weighted by atomic mass is 10.3. The minimum atomic E-state index is 0.0373. The summed E-state index contributed by atoms with van der Waals surface area (Å²) in [5.74, 6) is 0.690. The summed E-state index contributed by atoms with van der Waals surface area (Å²) in [4.78, 5) is 13.5. The summed E-state index contributed by atoms with van der Waals surface area (Å²) >= 11 is 5.97. The molecule has 0 radical (unpaired) electrons. The summed E-state index contributed by atoms with van der Waals surface area (Å²) in [5, 5.41) is 3.51. The molecule has 2 amide bonds. The molecule has 0 unspecified atom stereocenters. The predicted octanol–water partition coefficient (Wildman–Crippen LogP) is 2.91. The Morgan fingerprint density at radius 2 is 2.05 bits per heavy atom. The summed E-state index contributed by atoms with van der Waals surface area (Å²) in [7, 11) is 0. The molecule has 0 aliphatic carbocycles. The number of rotatable bonds is 5. The summed E-state index contributed by atoms with van der Waals surface area (Å²) in [6.07, 6.45) is 3.00. The van der Waals surface area contributed by atoms with Crippen LogP contribution in [-0.2, 0) is 0 Å². The highest BCUT2D eigenvalue weighted by Gasteiger charge is 2.16. The third kappa shape index (κ3) is 4.31. The van der Waals surface area contributed by atoms with Gasteiger partial charge in [-0.15, -0.1) is 0 Å². The van der Waals surface area contributed by atoms with Crippen LogP contribution in [0.1, 0.15) is 19.3 Å². The van der Waals surface area contributed by atoms with Crippen molar-refractivity contribution in [3.05, 3.63) is 29.3 Å². The number of amides is 2. The molecule has 4 nitrogen and oxygen atoms in total. The number of para-hydroxylation sites is 1. The number of carbonyl (C=O) groups excluding carboxylic acids is 1. The number of urea groups is 1. The fraction of sp³-hybridized carbons (Fsp3) is 0.500. The van der Waals surface area contributed by atoms with E-state index in [1.54, 1.807) is 6.07 Å². The van der Waals surface area contributed by atoms with Gasteiger partial charge in [0.2, 0.25) is 0 Å². The van der Waals surface area contributed by atoms with Gasteiger partial charge in [-0.3, -0.25) is 0 Å². The molecule has 1 aromatic carbocycles. The Balaban J connectivity index is 1.59. The molecular weight excluding hydrogens is 264 g/mol. The van der Waals surface area contributed by atoms with Crippen molar-refractivity contribution in [1.82, 2.24) is 10.2 Å². The zero-order valence-corrected chi connectivity index (χ0v) is 11.7. The van der Waals surface area contributed by atoms with Crippen LogP contribution in [0.5, 0.6) is 5.75 Å². The summed E-state index contributed by atoms with van der Waals surface area (Å²) < 4.78 is 5.55. The van der Waals surface area contributed by atoms with E-state index in [0.29, 0.717) is 23.9 Å². The standard InChI is InChI=1S/C14H19ClN2O2/c15-12-6-1-2-7-13(12)19-11-5-8-16-14(18)17-9-3-4-10-17/h1-2,6-7H,3-5,8-11H2,(H,16,18). The lowest BCUT2D eigenvalue weighted by molar-refractivity contribution is 0.207. The predicted molar refractivity (Wildman–Crippen MR) is 75.8 cm³/mol. The summed E-state index contributed by atoms with van der Waals surface area (Å²) in [6, 6.07) is 7.43. The van der Waals surface area contributed by atoms with E-state index in [4.69, 9.17) is 16.3 Å². The van der Waals surface area contributed by atoms with E-state index in [1.165, 1.54) is 0 Å². The third-order valence-electron chi connectivity index (χ3n) is 3.08. The van der Waals surface area contributed by atoms with Crippen molar-refractivity contribution < 1.29 is 9.53 Å². The van der Waals surface area contributed by atoms with Gasteiger partial charge in [0.1, 0.15) is 5.75 Å². The highest BCUT2D eigenvalue weighted by atomic mass is 35.5. The Bertz CT molecular complexity index is 420. The molecule has 1 fully saturated rings. The number of halogens is 1. The fourth-order valence-corrected chi connectivity index (χ4v) is 2.23. The maximum absolute atomic E-state index is 11.7. The SMILES string of the molecule is O=C(NCCCOc1ccccc1Cl)N1CCCC1. The number of hydrogen-bond acceptors (Lipinski definition) is 2. The number of nitrogens with one attached hydrogen (secondary N) is 1. The van der Waals surface area contributed by atoms with Crippen molar-refractivity contribution in [3.8, 4) is 5.75 Å². The highest BCUT2D eigenvalue weighted by Crippen LogP contribution is 2.22. The van der Waals surface area contributed by atoms with Crippen molar-refractivity contribution in [2.75, 3.05) is 26.2 Å². The van der Waals surface area contributed by atoms with Crippen LogP contribution in [0.15, 0.2) is 24.3 Å². The van der Waals surface area contributed by atoms with E-state index in [0.717, 1.165) is 32.4 Å². The Morgan fingerprint density at radius 1 is 1.32 bits per heavy atom. The first-order valence-corrected chi connectivity index (χ1v) is 7.05. The minimum absolute atomic E-state index is 0.0373. The van der Waals surface area contributed by atoms with Gasteiger partial charge in [0.05, 0.1) is 11.6 Å². The smallest absolute Gasteiger partial charge is 0.317 e. The van der Waals surface area contributed by atoms with Crippen molar-refractivity contribution >= 4 is 17.6 Å². The van der Waals surface area contributed by atoms with Crippen LogP contribution in [-0.4, -0.2) is 37.2 Å². The van der Waals surface area contributed by atoms with E-state index < -0.39 is 0 Å². The molecule has 0 atom stereocenters. The second-order valence-corrected chi connectivity index (χ2v) is 4.97. The molecule has 2 rings (SSSR count). The maximum atomic E-state index is 11.7. The molecule has 1 N–H and O–H groups in total. The number of ether oxygens (including phenoxy) is 1. The molecule has 1 saturated heterocycles. The first-order chi connectivity index (χ1) is 9.27. The van der Waals surface area contributed by atoms with Crippen LogP contribution in [0.4, 0.5) is 4.79 Å². The first-order valence-electron chi connectivity index (χ1n) is 6.67. The number of carbonyl (C=O) groups is 1. The monoisotopic (exact) mass is 282 g/mol. The lowest BCUT2D eigenvalue weighted by Gasteiger charge is -2.16. The van der Waals surface area contributed by atoms with Gasteiger partial charge in [0.15, 0.2) is 0 Å². The Labute approximate surface area is 118 Å². The average Bonchev–Trinajstić information content (AvgIpc) is 2.94. The van der Waals surface area contributed by atoms with Crippen LogP contribution < -0.4 is 10.1 Å². The Hall–Kier alpha value is -1.42. The molecule has 1 aliphatic heterocycles. The van der Waals surface area contributed by atoms with Crippen molar-refractivity contribution in [3.63, 3.8) is 0 Å². The van der Waals surface area contributed by atoms with E-state index >= 15 is 0 Å². The molecule has 19 heavy (non-hydrogen) atoms. The number of hydrogen-bond donors (Lipinski definition) is 1. The molecule has 104 valence electrons. The number of benzene rings is 1. The van der Waals surface area contributed by atoms with Gasteiger partial charge in [0.25, 0.3) is 0 Å². The molecule has 5 heteroatoms.